The molecule has 1 aliphatic rings. The zero-order valence-electron chi connectivity index (χ0n) is 18.1. The summed E-state index contributed by atoms with van der Waals surface area (Å²) >= 11 is 0. The minimum Gasteiger partial charge on any atom is -0.486 e. The van der Waals surface area contributed by atoms with Gasteiger partial charge in [-0.3, -0.25) is 4.90 Å². The third kappa shape index (κ3) is 7.17. The highest BCUT2D eigenvalue weighted by atomic mass is 19.3. The van der Waals surface area contributed by atoms with E-state index in [9.17, 15) is 8.78 Å². The van der Waals surface area contributed by atoms with Crippen molar-refractivity contribution < 1.29 is 13.5 Å². The summed E-state index contributed by atoms with van der Waals surface area (Å²) in [5, 5.41) is 2.81. The van der Waals surface area contributed by atoms with Crippen molar-refractivity contribution in [1.29, 1.82) is 0 Å². The highest BCUT2D eigenvalue weighted by Gasteiger charge is 2.31. The lowest BCUT2D eigenvalue weighted by molar-refractivity contribution is -0.0429. The van der Waals surface area contributed by atoms with E-state index >= 15 is 0 Å². The molecule has 7 heteroatoms. The van der Waals surface area contributed by atoms with Crippen molar-refractivity contribution in [1.82, 2.24) is 15.2 Å². The summed E-state index contributed by atoms with van der Waals surface area (Å²) in [6.07, 6.45) is 1.53. The van der Waals surface area contributed by atoms with Crippen LogP contribution >= 0.6 is 0 Å². The van der Waals surface area contributed by atoms with Gasteiger partial charge in [0.05, 0.1) is 12.7 Å². The van der Waals surface area contributed by atoms with E-state index in [1.807, 2.05) is 26.8 Å². The predicted octanol–water partition coefficient (Wildman–Crippen LogP) is 3.65. The first-order valence-electron chi connectivity index (χ1n) is 10.2. The summed E-state index contributed by atoms with van der Waals surface area (Å²) in [5.41, 5.74) is -0.358. The molecule has 2 heterocycles. The zero-order chi connectivity index (χ0) is 20.9. The average Bonchev–Trinajstić information content (AvgIpc) is 2.64. The summed E-state index contributed by atoms with van der Waals surface area (Å²) in [6.45, 7) is 15.1. The van der Waals surface area contributed by atoms with E-state index in [1.165, 1.54) is 6.20 Å². The Bertz CT molecular complexity index is 593. The maximum Gasteiger partial charge on any atom is 0.293 e. The molecule has 1 fully saturated rings. The predicted molar refractivity (Wildman–Crippen MR) is 111 cm³/mol. The third-order valence-electron chi connectivity index (χ3n) is 5.23. The van der Waals surface area contributed by atoms with Crippen molar-refractivity contribution >= 4 is 5.82 Å². The van der Waals surface area contributed by atoms with E-state index in [0.717, 1.165) is 32.0 Å². The number of hydrogen-bond acceptors (Lipinski definition) is 5. The second kappa shape index (κ2) is 9.35. The minimum atomic E-state index is -2.94. The Morgan fingerprint density at radius 2 is 1.75 bits per heavy atom. The highest BCUT2D eigenvalue weighted by Crippen LogP contribution is 2.21. The van der Waals surface area contributed by atoms with E-state index in [0.29, 0.717) is 17.7 Å². The topological polar surface area (TPSA) is 40.6 Å². The van der Waals surface area contributed by atoms with Gasteiger partial charge >= 0.3 is 0 Å². The number of piperazine rings is 1. The summed E-state index contributed by atoms with van der Waals surface area (Å²) < 4.78 is 33.2. The molecular weight excluding hydrogens is 362 g/mol. The van der Waals surface area contributed by atoms with Crippen LogP contribution in [0.25, 0.3) is 0 Å². The minimum absolute atomic E-state index is 0.358. The smallest absolute Gasteiger partial charge is 0.293 e. The van der Waals surface area contributed by atoms with Gasteiger partial charge in [-0.25, -0.2) is 13.8 Å². The van der Waals surface area contributed by atoms with Crippen molar-refractivity contribution in [2.75, 3.05) is 44.2 Å². The van der Waals surface area contributed by atoms with Crippen molar-refractivity contribution in [2.24, 2.45) is 5.92 Å². The Kier molecular flexibility index (Phi) is 7.62. The maximum absolute atomic E-state index is 13.9. The van der Waals surface area contributed by atoms with E-state index in [1.54, 1.807) is 6.07 Å². The van der Waals surface area contributed by atoms with Crippen LogP contribution in [0.3, 0.4) is 0 Å². The number of pyridine rings is 1. The molecule has 0 radical (unpaired) electrons. The van der Waals surface area contributed by atoms with Gasteiger partial charge in [0.1, 0.15) is 11.6 Å². The van der Waals surface area contributed by atoms with Gasteiger partial charge in [0, 0.05) is 37.8 Å². The van der Waals surface area contributed by atoms with Crippen molar-refractivity contribution in [2.45, 2.75) is 59.0 Å². The number of hydrogen-bond donors (Lipinski definition) is 1. The largest absolute Gasteiger partial charge is 0.486 e. The lowest BCUT2D eigenvalue weighted by Gasteiger charge is -2.40. The number of alkyl halides is 2. The van der Waals surface area contributed by atoms with Gasteiger partial charge in [0.25, 0.3) is 5.92 Å². The Labute approximate surface area is 168 Å². The van der Waals surface area contributed by atoms with Gasteiger partial charge < -0.3 is 15.0 Å². The number of anilines is 1. The molecule has 1 aromatic rings. The number of aromatic nitrogens is 1. The van der Waals surface area contributed by atoms with E-state index < -0.39 is 19.1 Å². The van der Waals surface area contributed by atoms with Gasteiger partial charge in [0.2, 0.25) is 0 Å². The first-order chi connectivity index (χ1) is 13.0. The fraction of sp³-hybridized carbons (Fsp3) is 0.762. The molecule has 1 aliphatic heterocycles. The summed E-state index contributed by atoms with van der Waals surface area (Å²) in [4.78, 5) is 9.15. The molecule has 28 heavy (non-hydrogen) atoms. The lowest BCUT2D eigenvalue weighted by Crippen LogP contribution is -2.51. The normalized spacial score (nSPS) is 17.8. The molecule has 160 valence electrons. The molecule has 1 N–H and O–H groups in total. The highest BCUT2D eigenvalue weighted by molar-refractivity contribution is 5.41. The average molecular weight is 399 g/mol. The Balaban J connectivity index is 1.82. The van der Waals surface area contributed by atoms with E-state index in [4.69, 9.17) is 4.74 Å². The number of ether oxygens (including phenoxy) is 1. The van der Waals surface area contributed by atoms with E-state index in [2.05, 4.69) is 40.9 Å². The summed E-state index contributed by atoms with van der Waals surface area (Å²) in [7, 11) is 0. The molecule has 0 bridgehead atoms. The molecule has 0 saturated carbocycles. The molecule has 5 nitrogen and oxygen atoms in total. The van der Waals surface area contributed by atoms with Crippen molar-refractivity contribution in [3.63, 3.8) is 0 Å². The number of nitrogens with zero attached hydrogens (tertiary/aromatic N) is 3. The van der Waals surface area contributed by atoms with Crippen LogP contribution in [0.15, 0.2) is 18.3 Å². The first kappa shape index (κ1) is 22.8. The van der Waals surface area contributed by atoms with Crippen LogP contribution in [-0.4, -0.2) is 66.7 Å². The zero-order valence-corrected chi connectivity index (χ0v) is 18.1. The molecule has 1 saturated heterocycles. The van der Waals surface area contributed by atoms with Crippen LogP contribution in [0.5, 0.6) is 5.75 Å². The fourth-order valence-electron chi connectivity index (χ4n) is 3.06. The van der Waals surface area contributed by atoms with Crippen LogP contribution in [0.4, 0.5) is 14.6 Å². The molecule has 2 rings (SSSR count). The standard InChI is InChI=1S/C21H36F2N4O/c1-16(2)17(3)26-9-11-27(12-10-26)19-8-7-18(13-24-19)28-15-21(22,23)14-25-20(4,5)6/h7-8,13,16-17,25H,9-12,14-15H2,1-6H3/t17-/m0/s1. The van der Waals surface area contributed by atoms with Crippen LogP contribution in [0.1, 0.15) is 41.5 Å². The third-order valence-corrected chi connectivity index (χ3v) is 5.23. The monoisotopic (exact) mass is 398 g/mol. The van der Waals surface area contributed by atoms with Crippen molar-refractivity contribution in [3.05, 3.63) is 18.3 Å². The second-order valence-corrected chi connectivity index (χ2v) is 9.11. The van der Waals surface area contributed by atoms with E-state index in [-0.39, 0.29) is 5.54 Å². The molecule has 0 amide bonds. The summed E-state index contributed by atoms with van der Waals surface area (Å²) in [5.74, 6) is -1.07. The van der Waals surface area contributed by atoms with Gasteiger partial charge in [-0.1, -0.05) is 13.8 Å². The second-order valence-electron chi connectivity index (χ2n) is 9.11. The lowest BCUT2D eigenvalue weighted by atomic mass is 10.0. The quantitative estimate of drug-likeness (QED) is 0.724. The van der Waals surface area contributed by atoms with Crippen LogP contribution in [-0.2, 0) is 0 Å². The molecule has 1 atom stereocenters. The number of halogens is 2. The Morgan fingerprint density at radius 3 is 2.25 bits per heavy atom. The molecule has 0 aliphatic carbocycles. The van der Waals surface area contributed by atoms with Gasteiger partial charge in [-0.05, 0) is 45.7 Å². The first-order valence-corrected chi connectivity index (χ1v) is 10.2. The molecule has 0 unspecified atom stereocenters. The Morgan fingerprint density at radius 1 is 1.11 bits per heavy atom. The van der Waals surface area contributed by atoms with Crippen molar-refractivity contribution in [3.8, 4) is 5.75 Å². The SMILES string of the molecule is CC(C)[C@H](C)N1CCN(c2ccc(OCC(F)(F)CNC(C)(C)C)cn2)CC1. The van der Waals surface area contributed by atoms with Gasteiger partial charge in [-0.15, -0.1) is 0 Å². The van der Waals surface area contributed by atoms with Gasteiger partial charge in [0.15, 0.2) is 6.61 Å². The molecule has 0 aromatic carbocycles. The molecule has 0 spiro atoms. The van der Waals surface area contributed by atoms with Crippen LogP contribution < -0.4 is 15.0 Å². The fourth-order valence-corrected chi connectivity index (χ4v) is 3.06. The summed E-state index contributed by atoms with van der Waals surface area (Å²) in [6, 6.07) is 4.14. The molecular formula is C21H36F2N4O. The van der Waals surface area contributed by atoms with Crippen LogP contribution in [0, 0.1) is 5.92 Å². The maximum atomic E-state index is 13.9. The Hall–Kier alpha value is -1.47. The van der Waals surface area contributed by atoms with Gasteiger partial charge in [-0.2, -0.15) is 0 Å². The molecule has 1 aromatic heterocycles. The number of rotatable bonds is 8. The van der Waals surface area contributed by atoms with Crippen LogP contribution in [0.2, 0.25) is 0 Å². The number of nitrogens with one attached hydrogen (secondary N) is 1.